The number of nitrogens with two attached hydrogens (primary N) is 1. The zero-order chi connectivity index (χ0) is 21.3. The van der Waals surface area contributed by atoms with Gasteiger partial charge in [-0.3, -0.25) is 14.5 Å². The number of esters is 1. The summed E-state index contributed by atoms with van der Waals surface area (Å²) in [4.78, 5) is 30.4. The van der Waals surface area contributed by atoms with Crippen LogP contribution in [-0.4, -0.2) is 41.5 Å². The number of halogens is 1. The van der Waals surface area contributed by atoms with Crippen LogP contribution in [0.25, 0.3) is 22.0 Å². The number of methoxy groups -OCH3 is 1. The van der Waals surface area contributed by atoms with Gasteiger partial charge in [0.2, 0.25) is 0 Å². The number of ether oxygens (including phenoxy) is 1. The number of hydrogen-bond donors (Lipinski definition) is 1. The monoisotopic (exact) mass is 407 g/mol. The number of pyridine rings is 1. The lowest BCUT2D eigenvalue weighted by Gasteiger charge is -2.22. The van der Waals surface area contributed by atoms with Crippen molar-refractivity contribution in [2.45, 2.75) is 25.4 Å². The van der Waals surface area contributed by atoms with E-state index in [0.29, 0.717) is 12.1 Å². The molecule has 6 nitrogen and oxygen atoms in total. The van der Waals surface area contributed by atoms with Gasteiger partial charge in [-0.2, -0.15) is 0 Å². The molecule has 1 saturated heterocycles. The minimum atomic E-state index is -0.629. The Morgan fingerprint density at radius 1 is 1.20 bits per heavy atom. The minimum Gasteiger partial charge on any atom is -0.468 e. The van der Waals surface area contributed by atoms with Gasteiger partial charge in [0, 0.05) is 11.9 Å². The van der Waals surface area contributed by atoms with E-state index in [9.17, 15) is 14.0 Å². The molecule has 4 rings (SSSR count). The van der Waals surface area contributed by atoms with Gasteiger partial charge in [0.05, 0.1) is 12.6 Å². The van der Waals surface area contributed by atoms with E-state index < -0.39 is 5.91 Å². The molecule has 1 aliphatic heterocycles. The predicted octanol–water partition coefficient (Wildman–Crippen LogP) is 3.28. The smallest absolute Gasteiger partial charge is 0.323 e. The molecule has 1 aromatic heterocycles. The SMILES string of the molecule is COC(=O)[C@@H]1CCCN1Cc1ccc2c(-c3ccc(F)cc3)cc(C(N)=O)nc2c1. The Kier molecular flexibility index (Phi) is 5.46. The Bertz CT molecular complexity index is 1110. The molecule has 0 bridgehead atoms. The molecular weight excluding hydrogens is 385 g/mol. The maximum atomic E-state index is 13.4. The van der Waals surface area contributed by atoms with Gasteiger partial charge in [-0.25, -0.2) is 9.37 Å². The number of hydrogen-bond acceptors (Lipinski definition) is 5. The van der Waals surface area contributed by atoms with Gasteiger partial charge in [-0.05, 0) is 60.3 Å². The standard InChI is InChI=1S/C23H22FN3O3/c1-30-23(29)21-3-2-10-27(21)13-14-4-9-17-18(15-5-7-16(24)8-6-15)12-20(22(25)28)26-19(17)11-14/h4-9,11-12,21H,2-3,10,13H2,1H3,(H2,25,28)/t21-/m0/s1. The van der Waals surface area contributed by atoms with Crippen molar-refractivity contribution in [3.05, 3.63) is 65.6 Å². The van der Waals surface area contributed by atoms with E-state index in [0.717, 1.165) is 41.5 Å². The summed E-state index contributed by atoms with van der Waals surface area (Å²) in [5, 5.41) is 0.835. The van der Waals surface area contributed by atoms with Crippen molar-refractivity contribution in [3.8, 4) is 11.1 Å². The first-order chi connectivity index (χ1) is 14.5. The Morgan fingerprint density at radius 2 is 1.97 bits per heavy atom. The molecule has 7 heteroatoms. The highest BCUT2D eigenvalue weighted by Crippen LogP contribution is 2.30. The van der Waals surface area contributed by atoms with Gasteiger partial charge >= 0.3 is 5.97 Å². The molecule has 30 heavy (non-hydrogen) atoms. The second-order valence-corrected chi connectivity index (χ2v) is 7.43. The van der Waals surface area contributed by atoms with Crippen LogP contribution in [0, 0.1) is 5.82 Å². The molecule has 0 saturated carbocycles. The highest BCUT2D eigenvalue weighted by molar-refractivity contribution is 6.00. The Balaban J connectivity index is 1.74. The third kappa shape index (κ3) is 3.89. The fraction of sp³-hybridized carbons (Fsp3) is 0.261. The van der Waals surface area contributed by atoms with E-state index >= 15 is 0 Å². The molecule has 154 valence electrons. The van der Waals surface area contributed by atoms with E-state index in [2.05, 4.69) is 9.88 Å². The van der Waals surface area contributed by atoms with Crippen LogP contribution in [0.2, 0.25) is 0 Å². The molecular formula is C23H22FN3O3. The van der Waals surface area contributed by atoms with Gasteiger partial charge in [0.25, 0.3) is 5.91 Å². The van der Waals surface area contributed by atoms with Crippen molar-refractivity contribution in [2.75, 3.05) is 13.7 Å². The van der Waals surface area contributed by atoms with Crippen molar-refractivity contribution in [1.29, 1.82) is 0 Å². The van der Waals surface area contributed by atoms with E-state index in [1.54, 1.807) is 18.2 Å². The minimum absolute atomic E-state index is 0.146. The number of primary amides is 1. The van der Waals surface area contributed by atoms with Crippen molar-refractivity contribution >= 4 is 22.8 Å². The summed E-state index contributed by atoms with van der Waals surface area (Å²) in [6.45, 7) is 1.39. The van der Waals surface area contributed by atoms with E-state index in [4.69, 9.17) is 10.5 Å². The van der Waals surface area contributed by atoms with Gasteiger partial charge < -0.3 is 10.5 Å². The van der Waals surface area contributed by atoms with Crippen LogP contribution >= 0.6 is 0 Å². The molecule has 2 aromatic carbocycles. The van der Waals surface area contributed by atoms with Crippen LogP contribution in [0.15, 0.2) is 48.5 Å². The molecule has 1 amide bonds. The maximum Gasteiger partial charge on any atom is 0.323 e. The first-order valence-corrected chi connectivity index (χ1v) is 9.77. The molecule has 2 N–H and O–H groups in total. The largest absolute Gasteiger partial charge is 0.468 e. The van der Waals surface area contributed by atoms with Crippen molar-refractivity contribution in [1.82, 2.24) is 9.88 Å². The van der Waals surface area contributed by atoms with Gasteiger partial charge in [0.15, 0.2) is 0 Å². The number of likely N-dealkylation sites (tertiary alicyclic amines) is 1. The van der Waals surface area contributed by atoms with Crippen LogP contribution < -0.4 is 5.73 Å². The topological polar surface area (TPSA) is 85.5 Å². The molecule has 2 heterocycles. The zero-order valence-electron chi connectivity index (χ0n) is 16.6. The van der Waals surface area contributed by atoms with Crippen LogP contribution in [0.5, 0.6) is 0 Å². The molecule has 1 fully saturated rings. The normalized spacial score (nSPS) is 16.7. The number of rotatable bonds is 5. The number of fused-ring (bicyclic) bond motifs is 1. The Morgan fingerprint density at radius 3 is 2.67 bits per heavy atom. The summed E-state index contributed by atoms with van der Waals surface area (Å²) in [7, 11) is 1.40. The van der Waals surface area contributed by atoms with E-state index in [1.807, 2.05) is 18.2 Å². The van der Waals surface area contributed by atoms with Crippen LogP contribution in [0.4, 0.5) is 4.39 Å². The van der Waals surface area contributed by atoms with E-state index in [-0.39, 0.29) is 23.5 Å². The zero-order valence-corrected chi connectivity index (χ0v) is 16.6. The van der Waals surface area contributed by atoms with Crippen molar-refractivity contribution < 1.29 is 18.7 Å². The number of nitrogens with zero attached hydrogens (tertiary/aromatic N) is 2. The third-order valence-corrected chi connectivity index (χ3v) is 5.50. The highest BCUT2D eigenvalue weighted by atomic mass is 19.1. The lowest BCUT2D eigenvalue weighted by molar-refractivity contribution is -0.146. The maximum absolute atomic E-state index is 13.4. The molecule has 0 unspecified atom stereocenters. The molecule has 0 radical (unpaired) electrons. The molecule has 3 aromatic rings. The number of carbonyl (C=O) groups is 2. The first kappa shape index (κ1) is 20.0. The van der Waals surface area contributed by atoms with Crippen LogP contribution in [0.3, 0.4) is 0 Å². The quantitative estimate of drug-likeness (QED) is 0.656. The summed E-state index contributed by atoms with van der Waals surface area (Å²) in [5.74, 6) is -1.18. The fourth-order valence-corrected chi connectivity index (χ4v) is 4.02. The second-order valence-electron chi connectivity index (χ2n) is 7.43. The molecule has 0 spiro atoms. The number of benzene rings is 2. The van der Waals surface area contributed by atoms with Gasteiger partial charge in [-0.1, -0.05) is 24.3 Å². The molecule has 1 aliphatic rings. The van der Waals surface area contributed by atoms with Crippen molar-refractivity contribution in [3.63, 3.8) is 0 Å². The second kappa shape index (κ2) is 8.20. The number of carbonyl (C=O) groups excluding carboxylic acids is 2. The van der Waals surface area contributed by atoms with Crippen LogP contribution in [0.1, 0.15) is 28.9 Å². The third-order valence-electron chi connectivity index (χ3n) is 5.50. The summed E-state index contributed by atoms with van der Waals surface area (Å²) in [6.07, 6.45) is 1.71. The Labute approximate surface area is 173 Å². The van der Waals surface area contributed by atoms with Crippen molar-refractivity contribution in [2.24, 2.45) is 5.73 Å². The fourth-order valence-electron chi connectivity index (χ4n) is 4.02. The van der Waals surface area contributed by atoms with Gasteiger partial charge in [-0.15, -0.1) is 0 Å². The van der Waals surface area contributed by atoms with Crippen LogP contribution in [-0.2, 0) is 16.1 Å². The highest BCUT2D eigenvalue weighted by Gasteiger charge is 2.31. The number of aromatic nitrogens is 1. The predicted molar refractivity (Wildman–Crippen MR) is 111 cm³/mol. The average Bonchev–Trinajstić information content (AvgIpc) is 3.20. The van der Waals surface area contributed by atoms with Gasteiger partial charge in [0.1, 0.15) is 17.6 Å². The molecule has 1 atom stereocenters. The first-order valence-electron chi connectivity index (χ1n) is 9.77. The van der Waals surface area contributed by atoms with E-state index in [1.165, 1.54) is 19.2 Å². The summed E-state index contributed by atoms with van der Waals surface area (Å²) < 4.78 is 18.3. The summed E-state index contributed by atoms with van der Waals surface area (Å²) in [6, 6.07) is 13.3. The summed E-state index contributed by atoms with van der Waals surface area (Å²) in [5.41, 5.74) is 8.76. The summed E-state index contributed by atoms with van der Waals surface area (Å²) >= 11 is 0. The lowest BCUT2D eigenvalue weighted by Crippen LogP contribution is -2.36. The lowest BCUT2D eigenvalue weighted by atomic mass is 9.98. The molecule has 0 aliphatic carbocycles. The average molecular weight is 407 g/mol. The number of amides is 1. The Hall–Kier alpha value is -3.32.